The first kappa shape index (κ1) is 14.0. The number of aromatic nitrogens is 3. The van der Waals surface area contributed by atoms with E-state index >= 15 is 0 Å². The van der Waals surface area contributed by atoms with Gasteiger partial charge in [-0.1, -0.05) is 35.9 Å². The summed E-state index contributed by atoms with van der Waals surface area (Å²) in [6.07, 6.45) is 1.41. The Morgan fingerprint density at radius 3 is 2.76 bits per heavy atom. The van der Waals surface area contributed by atoms with Crippen molar-refractivity contribution in [2.24, 2.45) is 7.05 Å². The van der Waals surface area contributed by atoms with Gasteiger partial charge in [0.15, 0.2) is 0 Å². The fourth-order valence-corrected chi connectivity index (χ4v) is 2.86. The van der Waals surface area contributed by atoms with Gasteiger partial charge in [-0.25, -0.2) is 0 Å². The van der Waals surface area contributed by atoms with Gasteiger partial charge in [0.1, 0.15) is 11.3 Å². The van der Waals surface area contributed by atoms with Gasteiger partial charge >= 0.3 is 0 Å². The fraction of sp³-hybridized carbons (Fsp3) is 0.250. The van der Waals surface area contributed by atoms with E-state index in [2.05, 4.69) is 10.1 Å². The van der Waals surface area contributed by atoms with Crippen molar-refractivity contribution in [1.29, 1.82) is 0 Å². The lowest BCUT2D eigenvalue weighted by Crippen LogP contribution is -2.06. The maximum atomic E-state index is 10.6. The Morgan fingerprint density at radius 1 is 1.29 bits per heavy atom. The summed E-state index contributed by atoms with van der Waals surface area (Å²) in [5.74, 6) is 0. The zero-order valence-corrected chi connectivity index (χ0v) is 12.7. The highest BCUT2D eigenvalue weighted by Crippen LogP contribution is 2.28. The Hall–Kier alpha value is -1.91. The molecule has 0 radical (unpaired) electrons. The number of hydrogen-bond acceptors (Lipinski definition) is 3. The van der Waals surface area contributed by atoms with E-state index in [9.17, 15) is 5.11 Å². The highest BCUT2D eigenvalue weighted by atomic mass is 35.5. The highest BCUT2D eigenvalue weighted by molar-refractivity contribution is 6.30. The van der Waals surface area contributed by atoms with E-state index in [1.807, 2.05) is 37.3 Å². The topological polar surface area (TPSA) is 50.9 Å². The molecule has 4 nitrogen and oxygen atoms in total. The Morgan fingerprint density at radius 2 is 2.05 bits per heavy atom. The van der Waals surface area contributed by atoms with Crippen LogP contribution >= 0.6 is 11.6 Å². The summed E-state index contributed by atoms with van der Waals surface area (Å²) in [4.78, 5) is 4.35. The Balaban J connectivity index is 1.99. The lowest BCUT2D eigenvalue weighted by molar-refractivity contribution is 0.175. The lowest BCUT2D eigenvalue weighted by Gasteiger charge is -2.12. The molecule has 0 fully saturated rings. The molecule has 1 aromatic carbocycles. The third kappa shape index (κ3) is 2.52. The largest absolute Gasteiger partial charge is 0.386 e. The molecule has 0 spiro atoms. The van der Waals surface area contributed by atoms with Crippen molar-refractivity contribution in [3.8, 4) is 0 Å². The number of benzene rings is 1. The first-order valence-corrected chi connectivity index (χ1v) is 7.15. The maximum Gasteiger partial charge on any atom is 0.130 e. The van der Waals surface area contributed by atoms with Crippen molar-refractivity contribution < 1.29 is 5.11 Å². The first-order valence-electron chi connectivity index (χ1n) is 6.77. The van der Waals surface area contributed by atoms with Crippen LogP contribution < -0.4 is 0 Å². The van der Waals surface area contributed by atoms with Crippen LogP contribution in [0.25, 0.3) is 10.8 Å². The summed E-state index contributed by atoms with van der Waals surface area (Å²) in [6.45, 7) is 1.89. The first-order chi connectivity index (χ1) is 10.1. The summed E-state index contributed by atoms with van der Waals surface area (Å²) in [5.41, 5.74) is 2.37. The minimum atomic E-state index is -0.712. The van der Waals surface area contributed by atoms with Gasteiger partial charge in [0, 0.05) is 30.6 Å². The molecule has 1 unspecified atom stereocenters. The number of hydrogen-bond donors (Lipinski definition) is 1. The molecule has 3 rings (SSSR count). The van der Waals surface area contributed by atoms with Gasteiger partial charge in [-0.3, -0.25) is 9.67 Å². The quantitative estimate of drug-likeness (QED) is 0.808. The van der Waals surface area contributed by atoms with Crippen molar-refractivity contribution in [3.05, 3.63) is 58.6 Å². The molecule has 108 valence electrons. The van der Waals surface area contributed by atoms with Crippen molar-refractivity contribution in [1.82, 2.24) is 14.8 Å². The Labute approximate surface area is 128 Å². The molecular weight excluding hydrogens is 286 g/mol. The number of rotatable bonds is 3. The zero-order chi connectivity index (χ0) is 15.0. The minimum Gasteiger partial charge on any atom is -0.386 e. The van der Waals surface area contributed by atoms with Crippen LogP contribution in [0, 0.1) is 6.92 Å². The molecule has 1 atom stereocenters. The Kier molecular flexibility index (Phi) is 3.66. The van der Waals surface area contributed by atoms with Crippen LogP contribution in [0.15, 0.2) is 36.5 Å². The molecule has 21 heavy (non-hydrogen) atoms. The van der Waals surface area contributed by atoms with Crippen LogP contribution in [0.4, 0.5) is 0 Å². The van der Waals surface area contributed by atoms with Crippen molar-refractivity contribution in [2.45, 2.75) is 19.4 Å². The number of pyridine rings is 1. The van der Waals surface area contributed by atoms with Crippen molar-refractivity contribution in [3.63, 3.8) is 0 Å². The minimum absolute atomic E-state index is 0.402. The van der Waals surface area contributed by atoms with Crippen LogP contribution in [0.5, 0.6) is 0 Å². The predicted octanol–water partition coefficient (Wildman–Crippen LogP) is 3.21. The van der Waals surface area contributed by atoms with Crippen LogP contribution in [-0.2, 0) is 13.5 Å². The molecule has 0 aliphatic carbocycles. The SMILES string of the molecule is Cc1nn(C)c(Cl)c1CC(O)c1nccc2ccccc12. The van der Waals surface area contributed by atoms with Gasteiger partial charge < -0.3 is 5.11 Å². The molecular formula is C16H16ClN3O. The zero-order valence-electron chi connectivity index (χ0n) is 11.9. The standard InChI is InChI=1S/C16H16ClN3O/c1-10-13(16(17)20(2)19-10)9-14(21)15-12-6-4-3-5-11(12)7-8-18-15/h3-8,14,21H,9H2,1-2H3. The molecule has 0 saturated heterocycles. The van der Waals surface area contributed by atoms with Crippen molar-refractivity contribution >= 4 is 22.4 Å². The summed E-state index contributed by atoms with van der Waals surface area (Å²) in [6, 6.07) is 9.84. The van der Waals surface area contributed by atoms with E-state index in [1.54, 1.807) is 17.9 Å². The average Bonchev–Trinajstić information content (AvgIpc) is 2.73. The number of nitrogens with zero attached hydrogens (tertiary/aromatic N) is 3. The highest BCUT2D eigenvalue weighted by Gasteiger charge is 2.19. The number of fused-ring (bicyclic) bond motifs is 1. The second-order valence-electron chi connectivity index (χ2n) is 5.12. The van der Waals surface area contributed by atoms with E-state index < -0.39 is 6.10 Å². The molecule has 0 saturated carbocycles. The number of aryl methyl sites for hydroxylation is 2. The van der Waals surface area contributed by atoms with Crippen LogP contribution in [0.3, 0.4) is 0 Å². The third-order valence-corrected chi connectivity index (χ3v) is 4.16. The van der Waals surface area contributed by atoms with E-state index in [-0.39, 0.29) is 0 Å². The average molecular weight is 302 g/mol. The van der Waals surface area contributed by atoms with Crippen LogP contribution in [0.1, 0.15) is 23.1 Å². The fourth-order valence-electron chi connectivity index (χ4n) is 2.60. The summed E-state index contributed by atoms with van der Waals surface area (Å²) in [7, 11) is 1.79. The number of aliphatic hydroxyl groups is 1. The summed E-state index contributed by atoms with van der Waals surface area (Å²) >= 11 is 6.23. The van der Waals surface area contributed by atoms with E-state index in [0.717, 1.165) is 22.0 Å². The summed E-state index contributed by atoms with van der Waals surface area (Å²) < 4.78 is 1.62. The molecule has 2 aromatic heterocycles. The molecule has 0 aliphatic heterocycles. The monoisotopic (exact) mass is 301 g/mol. The van der Waals surface area contributed by atoms with Crippen LogP contribution in [-0.4, -0.2) is 19.9 Å². The third-order valence-electron chi connectivity index (χ3n) is 3.69. The number of halogens is 1. The van der Waals surface area contributed by atoms with Gasteiger partial charge in [0.05, 0.1) is 11.4 Å². The van der Waals surface area contributed by atoms with Gasteiger partial charge in [-0.2, -0.15) is 5.10 Å². The molecule has 2 heterocycles. The maximum absolute atomic E-state index is 10.6. The Bertz CT molecular complexity index is 792. The van der Waals surface area contributed by atoms with Gasteiger partial charge in [-0.15, -0.1) is 0 Å². The molecule has 0 aliphatic rings. The molecule has 0 amide bonds. The van der Waals surface area contributed by atoms with E-state index in [0.29, 0.717) is 17.3 Å². The molecule has 0 bridgehead atoms. The number of aliphatic hydroxyl groups excluding tert-OH is 1. The second kappa shape index (κ2) is 5.47. The normalized spacial score (nSPS) is 12.8. The van der Waals surface area contributed by atoms with Gasteiger partial charge in [0.25, 0.3) is 0 Å². The van der Waals surface area contributed by atoms with Crippen LogP contribution in [0.2, 0.25) is 5.15 Å². The molecule has 3 aromatic rings. The molecule has 1 N–H and O–H groups in total. The van der Waals surface area contributed by atoms with E-state index in [4.69, 9.17) is 11.6 Å². The molecule has 5 heteroatoms. The second-order valence-corrected chi connectivity index (χ2v) is 5.47. The van der Waals surface area contributed by atoms with E-state index in [1.165, 1.54) is 0 Å². The van der Waals surface area contributed by atoms with Gasteiger partial charge in [-0.05, 0) is 18.4 Å². The summed E-state index contributed by atoms with van der Waals surface area (Å²) in [5, 5.41) is 17.4. The smallest absolute Gasteiger partial charge is 0.130 e. The lowest BCUT2D eigenvalue weighted by atomic mass is 10.0. The van der Waals surface area contributed by atoms with Crippen molar-refractivity contribution in [2.75, 3.05) is 0 Å². The predicted molar refractivity (Wildman–Crippen MR) is 83.4 cm³/mol. The van der Waals surface area contributed by atoms with Gasteiger partial charge in [0.2, 0.25) is 0 Å².